The molecule has 0 aliphatic heterocycles. The van der Waals surface area contributed by atoms with Crippen molar-refractivity contribution in [1.29, 1.82) is 0 Å². The number of carbonyl (C=O) groups is 1. The molecule has 0 radical (unpaired) electrons. The lowest BCUT2D eigenvalue weighted by atomic mass is 10.2. The van der Waals surface area contributed by atoms with E-state index < -0.39 is 11.7 Å². The highest BCUT2D eigenvalue weighted by molar-refractivity contribution is 5.94. The van der Waals surface area contributed by atoms with Crippen molar-refractivity contribution in [3.05, 3.63) is 95.6 Å². The van der Waals surface area contributed by atoms with Crippen LogP contribution < -0.4 is 10.1 Å². The summed E-state index contributed by atoms with van der Waals surface area (Å²) < 4.78 is 21.8. The number of ether oxygens (including phenoxy) is 1. The van der Waals surface area contributed by atoms with E-state index in [1.807, 2.05) is 41.0 Å². The number of imidazole rings is 1. The molecule has 0 atom stereocenters. The molecule has 1 amide bonds. The molecule has 0 unspecified atom stereocenters. The SMILES string of the molecule is CCc1ccc(OCCn2c(CNC(=O)c3ccccc3F)nc3ccccc32)cc1. The van der Waals surface area contributed by atoms with Crippen LogP contribution in [-0.2, 0) is 19.5 Å². The van der Waals surface area contributed by atoms with Crippen LogP contribution in [0.3, 0.4) is 0 Å². The first-order chi connectivity index (χ1) is 15.2. The Balaban J connectivity index is 1.47. The maximum atomic E-state index is 13.9. The summed E-state index contributed by atoms with van der Waals surface area (Å²) in [6.45, 7) is 3.33. The fraction of sp³-hybridized carbons (Fsp3) is 0.200. The minimum Gasteiger partial charge on any atom is -0.492 e. The van der Waals surface area contributed by atoms with Gasteiger partial charge in [-0.3, -0.25) is 4.79 Å². The van der Waals surface area contributed by atoms with Gasteiger partial charge >= 0.3 is 0 Å². The number of rotatable bonds is 8. The van der Waals surface area contributed by atoms with E-state index >= 15 is 0 Å². The predicted octanol–water partition coefficient (Wildman–Crippen LogP) is 4.75. The van der Waals surface area contributed by atoms with Gasteiger partial charge in [-0.1, -0.05) is 43.3 Å². The number of nitrogens with one attached hydrogen (secondary N) is 1. The van der Waals surface area contributed by atoms with E-state index in [9.17, 15) is 9.18 Å². The van der Waals surface area contributed by atoms with Crippen LogP contribution >= 0.6 is 0 Å². The zero-order valence-corrected chi connectivity index (χ0v) is 17.3. The molecule has 31 heavy (non-hydrogen) atoms. The summed E-state index contributed by atoms with van der Waals surface area (Å²) in [5.74, 6) is 0.492. The second kappa shape index (κ2) is 9.43. The molecule has 0 aliphatic rings. The maximum absolute atomic E-state index is 13.9. The molecule has 0 saturated carbocycles. The van der Waals surface area contributed by atoms with Crippen LogP contribution in [0.4, 0.5) is 4.39 Å². The molecule has 4 rings (SSSR count). The van der Waals surface area contributed by atoms with Gasteiger partial charge in [0.2, 0.25) is 0 Å². The van der Waals surface area contributed by atoms with Crippen LogP contribution in [0.2, 0.25) is 0 Å². The van der Waals surface area contributed by atoms with E-state index in [2.05, 4.69) is 29.4 Å². The van der Waals surface area contributed by atoms with Gasteiger partial charge in [-0.2, -0.15) is 0 Å². The number of carbonyl (C=O) groups excluding carboxylic acids is 1. The van der Waals surface area contributed by atoms with Crippen LogP contribution in [0.1, 0.15) is 28.7 Å². The average Bonchev–Trinajstić information content (AvgIpc) is 3.16. The van der Waals surface area contributed by atoms with Gasteiger partial charge in [0, 0.05) is 0 Å². The number of aryl methyl sites for hydroxylation is 1. The summed E-state index contributed by atoms with van der Waals surface area (Å²) in [5.41, 5.74) is 3.08. The van der Waals surface area contributed by atoms with Crippen molar-refractivity contribution in [1.82, 2.24) is 14.9 Å². The average molecular weight is 417 g/mol. The summed E-state index contributed by atoms with van der Waals surface area (Å²) in [6, 6.07) is 21.8. The van der Waals surface area contributed by atoms with E-state index in [0.717, 1.165) is 23.2 Å². The lowest BCUT2D eigenvalue weighted by molar-refractivity contribution is 0.0945. The van der Waals surface area contributed by atoms with E-state index in [-0.39, 0.29) is 12.1 Å². The van der Waals surface area contributed by atoms with Crippen molar-refractivity contribution in [2.75, 3.05) is 6.61 Å². The number of hydrogen-bond donors (Lipinski definition) is 1. The number of benzene rings is 3. The van der Waals surface area contributed by atoms with Gasteiger partial charge in [0.05, 0.1) is 29.7 Å². The number of halogens is 1. The monoisotopic (exact) mass is 417 g/mol. The van der Waals surface area contributed by atoms with Crippen molar-refractivity contribution < 1.29 is 13.9 Å². The molecule has 4 aromatic rings. The highest BCUT2D eigenvalue weighted by Gasteiger charge is 2.14. The molecule has 0 bridgehead atoms. The van der Waals surface area contributed by atoms with Crippen LogP contribution in [0, 0.1) is 5.82 Å². The molecule has 0 spiro atoms. The summed E-state index contributed by atoms with van der Waals surface area (Å²) in [4.78, 5) is 17.1. The normalized spacial score (nSPS) is 10.9. The molecular formula is C25H24FN3O2. The molecule has 3 aromatic carbocycles. The van der Waals surface area contributed by atoms with Gasteiger partial charge in [-0.25, -0.2) is 9.37 Å². The first-order valence-electron chi connectivity index (χ1n) is 10.3. The fourth-order valence-corrected chi connectivity index (χ4v) is 3.49. The third-order valence-electron chi connectivity index (χ3n) is 5.17. The highest BCUT2D eigenvalue weighted by Crippen LogP contribution is 2.17. The number of nitrogens with zero attached hydrogens (tertiary/aromatic N) is 2. The first kappa shape index (κ1) is 20.6. The van der Waals surface area contributed by atoms with Gasteiger partial charge < -0.3 is 14.6 Å². The summed E-state index contributed by atoms with van der Waals surface area (Å²) in [6.07, 6.45) is 0.989. The molecule has 1 heterocycles. The molecule has 0 aliphatic carbocycles. The predicted molar refractivity (Wildman–Crippen MR) is 119 cm³/mol. The van der Waals surface area contributed by atoms with Crippen molar-refractivity contribution >= 4 is 16.9 Å². The van der Waals surface area contributed by atoms with E-state index in [1.165, 1.54) is 17.7 Å². The van der Waals surface area contributed by atoms with Crippen molar-refractivity contribution in [2.45, 2.75) is 26.4 Å². The number of amides is 1. The van der Waals surface area contributed by atoms with Crippen LogP contribution in [0.25, 0.3) is 11.0 Å². The molecule has 0 saturated heterocycles. The Labute approximate surface area is 180 Å². The van der Waals surface area contributed by atoms with Crippen molar-refractivity contribution in [2.24, 2.45) is 0 Å². The first-order valence-corrected chi connectivity index (χ1v) is 10.3. The summed E-state index contributed by atoms with van der Waals surface area (Å²) >= 11 is 0. The number of aromatic nitrogens is 2. The van der Waals surface area contributed by atoms with Gasteiger partial charge in [0.1, 0.15) is 24.0 Å². The molecule has 0 fully saturated rings. The Morgan fingerprint density at radius 2 is 1.77 bits per heavy atom. The molecule has 1 N–H and O–H groups in total. The molecule has 5 nitrogen and oxygen atoms in total. The zero-order valence-electron chi connectivity index (χ0n) is 17.3. The minimum atomic E-state index is -0.545. The number of para-hydroxylation sites is 2. The standard InChI is InChI=1S/C25H24FN3O2/c1-2-18-11-13-19(14-12-18)31-16-15-29-23-10-6-5-9-22(23)28-24(29)17-27-25(30)20-7-3-4-8-21(20)26/h3-14H,2,15-17H2,1H3,(H,27,30). The number of hydrogen-bond acceptors (Lipinski definition) is 3. The lowest BCUT2D eigenvalue weighted by Gasteiger charge is -2.12. The maximum Gasteiger partial charge on any atom is 0.254 e. The quantitative estimate of drug-likeness (QED) is 0.450. The highest BCUT2D eigenvalue weighted by atomic mass is 19.1. The Morgan fingerprint density at radius 3 is 2.55 bits per heavy atom. The largest absolute Gasteiger partial charge is 0.492 e. The Bertz CT molecular complexity index is 1190. The Hall–Kier alpha value is -3.67. The van der Waals surface area contributed by atoms with Crippen LogP contribution in [0.15, 0.2) is 72.8 Å². The van der Waals surface area contributed by atoms with Gasteiger partial charge in [-0.05, 0) is 48.4 Å². The summed E-state index contributed by atoms with van der Waals surface area (Å²) in [5, 5.41) is 2.78. The Kier molecular flexibility index (Phi) is 6.26. The van der Waals surface area contributed by atoms with E-state index in [0.29, 0.717) is 19.0 Å². The van der Waals surface area contributed by atoms with Gasteiger partial charge in [0.15, 0.2) is 0 Å². The molecule has 158 valence electrons. The van der Waals surface area contributed by atoms with Gasteiger partial charge in [-0.15, -0.1) is 0 Å². The lowest BCUT2D eigenvalue weighted by Crippen LogP contribution is -2.26. The van der Waals surface area contributed by atoms with Gasteiger partial charge in [0.25, 0.3) is 5.91 Å². The molecule has 1 aromatic heterocycles. The molecular weight excluding hydrogens is 393 g/mol. The molecule has 6 heteroatoms. The van der Waals surface area contributed by atoms with E-state index in [4.69, 9.17) is 4.74 Å². The van der Waals surface area contributed by atoms with E-state index in [1.54, 1.807) is 12.1 Å². The third-order valence-corrected chi connectivity index (χ3v) is 5.17. The minimum absolute atomic E-state index is 0.0176. The number of fused-ring (bicyclic) bond motifs is 1. The summed E-state index contributed by atoms with van der Waals surface area (Å²) in [7, 11) is 0. The van der Waals surface area contributed by atoms with Crippen LogP contribution in [-0.4, -0.2) is 22.1 Å². The van der Waals surface area contributed by atoms with Crippen molar-refractivity contribution in [3.63, 3.8) is 0 Å². The zero-order chi connectivity index (χ0) is 21.6. The van der Waals surface area contributed by atoms with Crippen LogP contribution in [0.5, 0.6) is 5.75 Å². The second-order valence-electron chi connectivity index (χ2n) is 7.18. The third kappa shape index (κ3) is 4.74. The topological polar surface area (TPSA) is 56.1 Å². The Morgan fingerprint density at radius 1 is 1.03 bits per heavy atom. The smallest absolute Gasteiger partial charge is 0.254 e. The second-order valence-corrected chi connectivity index (χ2v) is 7.18. The fourth-order valence-electron chi connectivity index (χ4n) is 3.49. The van der Waals surface area contributed by atoms with Crippen molar-refractivity contribution in [3.8, 4) is 5.75 Å².